The number of carbonyl (C=O) groups is 2. The summed E-state index contributed by atoms with van der Waals surface area (Å²) < 4.78 is 0. The second-order valence-electron chi connectivity index (χ2n) is 7.41. The highest BCUT2D eigenvalue weighted by Crippen LogP contribution is 2.33. The maximum atomic E-state index is 13.0. The summed E-state index contributed by atoms with van der Waals surface area (Å²) in [5.74, 6) is -0.202. The quantitative estimate of drug-likeness (QED) is 0.844. The molecule has 1 aliphatic rings. The first-order valence-corrected chi connectivity index (χ1v) is 9.91. The van der Waals surface area contributed by atoms with Crippen molar-refractivity contribution in [3.05, 3.63) is 70.8 Å². The number of nitrogens with one attached hydrogen (secondary N) is 1. The van der Waals surface area contributed by atoms with E-state index in [1.54, 1.807) is 7.05 Å². The lowest BCUT2D eigenvalue weighted by molar-refractivity contribution is -0.133. The van der Waals surface area contributed by atoms with Crippen LogP contribution in [0.5, 0.6) is 0 Å². The number of aryl methyl sites for hydroxylation is 2. The van der Waals surface area contributed by atoms with Gasteiger partial charge in [0, 0.05) is 20.0 Å². The molecule has 29 heavy (non-hydrogen) atoms. The molecule has 2 aromatic carbocycles. The Bertz CT molecular complexity index is 924. The minimum Gasteiger partial charge on any atom is -0.338 e. The van der Waals surface area contributed by atoms with Gasteiger partial charge in [0.25, 0.3) is 5.91 Å². The monoisotopic (exact) mass is 392 g/mol. The van der Waals surface area contributed by atoms with E-state index >= 15 is 0 Å². The first-order chi connectivity index (χ1) is 13.9. The van der Waals surface area contributed by atoms with Crippen molar-refractivity contribution in [3.8, 4) is 0 Å². The smallest absolute Gasteiger partial charge is 0.317 e. The third-order valence-electron chi connectivity index (χ3n) is 5.24. The fourth-order valence-electron chi connectivity index (χ4n) is 3.40. The van der Waals surface area contributed by atoms with Crippen molar-refractivity contribution in [2.75, 3.05) is 20.1 Å². The summed E-state index contributed by atoms with van der Waals surface area (Å²) in [5, 5.41) is 8.94. The van der Waals surface area contributed by atoms with Gasteiger partial charge in [-0.3, -0.25) is 4.79 Å². The zero-order chi connectivity index (χ0) is 21.0. The van der Waals surface area contributed by atoms with Crippen LogP contribution in [0.2, 0.25) is 0 Å². The van der Waals surface area contributed by atoms with E-state index in [0.29, 0.717) is 13.0 Å². The molecule has 0 bridgehead atoms. The average molecular weight is 393 g/mol. The Kier molecular flexibility index (Phi) is 6.32. The third kappa shape index (κ3) is 4.65. The van der Waals surface area contributed by atoms with Crippen LogP contribution in [0.25, 0.3) is 0 Å². The summed E-state index contributed by atoms with van der Waals surface area (Å²) in [6, 6.07) is 15.7. The fourth-order valence-corrected chi connectivity index (χ4v) is 3.40. The van der Waals surface area contributed by atoms with Gasteiger partial charge in [-0.1, -0.05) is 42.5 Å². The fraction of sp³-hybridized carbons (Fsp3) is 0.348. The average Bonchev–Trinajstić information content (AvgIpc) is 3.16. The summed E-state index contributed by atoms with van der Waals surface area (Å²) in [5.41, 5.74) is 5.37. The summed E-state index contributed by atoms with van der Waals surface area (Å²) in [7, 11) is 1.62. The Morgan fingerprint density at radius 2 is 1.86 bits per heavy atom. The van der Waals surface area contributed by atoms with Gasteiger partial charge in [-0.2, -0.15) is 5.10 Å². The number of likely N-dealkylation sites (N-methyl/N-ethyl adjacent to an activating group) is 1. The zero-order valence-electron chi connectivity index (χ0n) is 17.5. The lowest BCUT2D eigenvalue weighted by Gasteiger charge is -2.25. The number of urea groups is 1. The summed E-state index contributed by atoms with van der Waals surface area (Å²) >= 11 is 0. The number of benzene rings is 2. The van der Waals surface area contributed by atoms with Crippen LogP contribution in [0.4, 0.5) is 4.79 Å². The molecule has 152 valence electrons. The van der Waals surface area contributed by atoms with Crippen LogP contribution in [0, 0.1) is 13.8 Å². The summed E-state index contributed by atoms with van der Waals surface area (Å²) in [4.78, 5) is 26.4. The molecule has 3 amide bonds. The van der Waals surface area contributed by atoms with Crippen molar-refractivity contribution < 1.29 is 9.59 Å². The van der Waals surface area contributed by atoms with Gasteiger partial charge in [0.2, 0.25) is 0 Å². The van der Waals surface area contributed by atoms with Crippen LogP contribution >= 0.6 is 0 Å². The van der Waals surface area contributed by atoms with Crippen molar-refractivity contribution in [2.45, 2.75) is 33.2 Å². The molecule has 0 radical (unpaired) electrons. The minimum atomic E-state index is -0.269. The minimum absolute atomic E-state index is 0.0289. The van der Waals surface area contributed by atoms with Gasteiger partial charge in [0.15, 0.2) is 0 Å². The highest BCUT2D eigenvalue weighted by molar-refractivity contribution is 6.03. The van der Waals surface area contributed by atoms with Gasteiger partial charge in [0.05, 0.1) is 11.8 Å². The van der Waals surface area contributed by atoms with E-state index in [-0.39, 0.29) is 24.5 Å². The standard InChI is InChI=1S/C23H28N4O2/c1-5-24-23(29)26(4)15-22(28)27-21(18-9-7-6-8-10-18)14-20(25-27)19-12-11-16(2)17(3)13-19/h6-13,21H,5,14-15H2,1-4H3,(H,24,29). The summed E-state index contributed by atoms with van der Waals surface area (Å²) in [6.45, 7) is 6.49. The molecule has 1 unspecified atom stereocenters. The predicted octanol–water partition coefficient (Wildman–Crippen LogP) is 3.64. The first-order valence-electron chi connectivity index (χ1n) is 9.91. The molecule has 1 atom stereocenters. The second-order valence-corrected chi connectivity index (χ2v) is 7.41. The molecule has 1 heterocycles. The first kappa shape index (κ1) is 20.6. The molecule has 0 saturated heterocycles. The van der Waals surface area contributed by atoms with Crippen molar-refractivity contribution in [1.82, 2.24) is 15.2 Å². The van der Waals surface area contributed by atoms with Crippen molar-refractivity contribution in [3.63, 3.8) is 0 Å². The van der Waals surface area contributed by atoms with Crippen molar-refractivity contribution >= 4 is 17.6 Å². The number of hydrazone groups is 1. The highest BCUT2D eigenvalue weighted by Gasteiger charge is 2.33. The molecule has 2 aromatic rings. The molecule has 1 aliphatic heterocycles. The second kappa shape index (κ2) is 8.90. The zero-order valence-corrected chi connectivity index (χ0v) is 17.5. The number of hydrogen-bond acceptors (Lipinski definition) is 3. The van der Waals surface area contributed by atoms with Gasteiger partial charge in [-0.25, -0.2) is 9.80 Å². The third-order valence-corrected chi connectivity index (χ3v) is 5.24. The van der Waals surface area contributed by atoms with Gasteiger partial charge in [0.1, 0.15) is 6.54 Å². The van der Waals surface area contributed by atoms with Crippen molar-refractivity contribution in [1.29, 1.82) is 0 Å². The van der Waals surface area contributed by atoms with Crippen LogP contribution in [0.3, 0.4) is 0 Å². The Labute approximate surface area is 172 Å². The van der Waals surface area contributed by atoms with E-state index in [1.807, 2.05) is 37.3 Å². The number of hydrogen-bond donors (Lipinski definition) is 1. The highest BCUT2D eigenvalue weighted by atomic mass is 16.2. The van der Waals surface area contributed by atoms with E-state index in [4.69, 9.17) is 0 Å². The number of amides is 3. The summed E-state index contributed by atoms with van der Waals surface area (Å²) in [6.07, 6.45) is 0.642. The van der Waals surface area contributed by atoms with E-state index < -0.39 is 0 Å². The van der Waals surface area contributed by atoms with Crippen LogP contribution in [0.1, 0.15) is 41.6 Å². The Morgan fingerprint density at radius 3 is 2.52 bits per heavy atom. The number of nitrogens with zero attached hydrogens (tertiary/aromatic N) is 3. The van der Waals surface area contributed by atoms with Gasteiger partial charge in [-0.15, -0.1) is 0 Å². The lowest BCUT2D eigenvalue weighted by atomic mass is 9.96. The van der Waals surface area contributed by atoms with Crippen LogP contribution in [-0.2, 0) is 4.79 Å². The van der Waals surface area contributed by atoms with E-state index in [2.05, 4.69) is 42.5 Å². The lowest BCUT2D eigenvalue weighted by Crippen LogP contribution is -2.43. The Balaban J connectivity index is 1.88. The molecular weight excluding hydrogens is 364 g/mol. The molecular formula is C23H28N4O2. The normalized spacial score (nSPS) is 15.8. The molecule has 0 aromatic heterocycles. The molecule has 6 heteroatoms. The maximum absolute atomic E-state index is 13.0. The molecule has 6 nitrogen and oxygen atoms in total. The Hall–Kier alpha value is -3.15. The van der Waals surface area contributed by atoms with Gasteiger partial charge >= 0.3 is 6.03 Å². The molecule has 0 spiro atoms. The molecule has 1 N–H and O–H groups in total. The van der Waals surface area contributed by atoms with E-state index in [9.17, 15) is 9.59 Å². The van der Waals surface area contributed by atoms with Gasteiger partial charge in [-0.05, 0) is 49.1 Å². The number of carbonyl (C=O) groups excluding carboxylic acids is 2. The van der Waals surface area contributed by atoms with E-state index in [0.717, 1.165) is 16.8 Å². The molecule has 0 saturated carbocycles. The van der Waals surface area contributed by atoms with E-state index in [1.165, 1.54) is 21.0 Å². The van der Waals surface area contributed by atoms with Crippen LogP contribution in [0.15, 0.2) is 53.6 Å². The molecule has 0 aliphatic carbocycles. The maximum Gasteiger partial charge on any atom is 0.317 e. The molecule has 0 fully saturated rings. The molecule has 3 rings (SSSR count). The largest absolute Gasteiger partial charge is 0.338 e. The predicted molar refractivity (Wildman–Crippen MR) is 115 cm³/mol. The van der Waals surface area contributed by atoms with Crippen LogP contribution in [-0.4, -0.2) is 47.7 Å². The topological polar surface area (TPSA) is 65.0 Å². The van der Waals surface area contributed by atoms with Crippen molar-refractivity contribution in [2.24, 2.45) is 5.10 Å². The SMILES string of the molecule is CCNC(=O)N(C)CC(=O)N1N=C(c2ccc(C)c(C)c2)CC1c1ccccc1. The number of rotatable bonds is 5. The van der Waals surface area contributed by atoms with Gasteiger partial charge < -0.3 is 10.2 Å². The Morgan fingerprint density at radius 1 is 1.14 bits per heavy atom. The van der Waals surface area contributed by atoms with Crippen LogP contribution < -0.4 is 5.32 Å².